The molecule has 0 fully saturated rings. The lowest BCUT2D eigenvalue weighted by molar-refractivity contribution is -0.168. The number of ether oxygens (including phenoxy) is 2. The molecule has 0 aliphatic heterocycles. The van der Waals surface area contributed by atoms with Crippen LogP contribution in [0.2, 0.25) is 0 Å². The minimum absolute atomic E-state index is 0.0161. The fourth-order valence-corrected chi connectivity index (χ4v) is 1.43. The third-order valence-corrected chi connectivity index (χ3v) is 2.55. The summed E-state index contributed by atoms with van der Waals surface area (Å²) >= 11 is 0. The lowest BCUT2D eigenvalue weighted by Crippen LogP contribution is -2.32. The monoisotopic (exact) mass is 315 g/mol. The van der Waals surface area contributed by atoms with Crippen molar-refractivity contribution in [2.75, 3.05) is 27.4 Å². The van der Waals surface area contributed by atoms with E-state index in [1.807, 2.05) is 0 Å². The Labute approximate surface area is 118 Å². The number of aromatic nitrogens is 2. The maximum atomic E-state index is 12.6. The summed E-state index contributed by atoms with van der Waals surface area (Å²) in [6.07, 6.45) is -3.39. The van der Waals surface area contributed by atoms with Gasteiger partial charge in [0.15, 0.2) is 5.82 Å². The second-order valence-corrected chi connectivity index (χ2v) is 4.30. The van der Waals surface area contributed by atoms with E-state index in [1.165, 1.54) is 0 Å². The van der Waals surface area contributed by atoms with Crippen molar-refractivity contribution < 1.29 is 31.6 Å². The molecule has 0 bridgehead atoms. The molecule has 6 nitrogen and oxygen atoms in total. The second-order valence-electron chi connectivity index (χ2n) is 4.30. The van der Waals surface area contributed by atoms with Gasteiger partial charge < -0.3 is 19.3 Å². The maximum absolute atomic E-state index is 12.6. The number of likely N-dealkylation sites (N-methyl/N-ethyl adjacent to an activating group) is 1. The normalized spacial score (nSPS) is 13.9. The van der Waals surface area contributed by atoms with E-state index in [4.69, 9.17) is 9.26 Å². The van der Waals surface area contributed by atoms with Crippen LogP contribution in [0.25, 0.3) is 0 Å². The van der Waals surface area contributed by atoms with Crippen molar-refractivity contribution in [1.29, 1.82) is 0 Å². The molecule has 1 aromatic heterocycles. The van der Waals surface area contributed by atoms with Crippen LogP contribution in [-0.4, -0.2) is 55.9 Å². The number of nitrogens with zero attached hydrogens (tertiary/aromatic N) is 2. The molecule has 0 aliphatic carbocycles. The second kappa shape index (κ2) is 8.25. The quantitative estimate of drug-likeness (QED) is 0.656. The SMILES string of the molecule is CNC(COC)Cc1nc(COCC(F)(F)C(F)F)no1. The van der Waals surface area contributed by atoms with Crippen LogP contribution in [0.4, 0.5) is 17.6 Å². The minimum Gasteiger partial charge on any atom is -0.383 e. The molecule has 1 N–H and O–H groups in total. The summed E-state index contributed by atoms with van der Waals surface area (Å²) in [5.74, 6) is -3.91. The molecule has 0 radical (unpaired) electrons. The molecule has 0 saturated heterocycles. The van der Waals surface area contributed by atoms with E-state index in [1.54, 1.807) is 14.2 Å². The van der Waals surface area contributed by atoms with Crippen molar-refractivity contribution in [3.8, 4) is 0 Å². The van der Waals surface area contributed by atoms with E-state index in [9.17, 15) is 17.6 Å². The molecule has 10 heteroatoms. The lowest BCUT2D eigenvalue weighted by Gasteiger charge is -2.14. The Balaban J connectivity index is 2.41. The zero-order valence-electron chi connectivity index (χ0n) is 11.6. The summed E-state index contributed by atoms with van der Waals surface area (Å²) in [4.78, 5) is 3.91. The Morgan fingerprint density at radius 1 is 1.38 bits per heavy atom. The molecular weight excluding hydrogens is 298 g/mol. The molecule has 0 aromatic carbocycles. The van der Waals surface area contributed by atoms with Crippen LogP contribution in [0.1, 0.15) is 11.7 Å². The van der Waals surface area contributed by atoms with Crippen LogP contribution in [0, 0.1) is 0 Å². The highest BCUT2D eigenvalue weighted by Gasteiger charge is 2.41. The summed E-state index contributed by atoms with van der Waals surface area (Å²) in [6, 6.07) is -0.0487. The number of hydrogen-bond donors (Lipinski definition) is 1. The average Bonchev–Trinajstić information content (AvgIpc) is 2.85. The summed E-state index contributed by atoms with van der Waals surface area (Å²) in [7, 11) is 3.27. The van der Waals surface area contributed by atoms with Gasteiger partial charge >= 0.3 is 12.3 Å². The molecule has 1 heterocycles. The summed E-state index contributed by atoms with van der Waals surface area (Å²) in [6.45, 7) is -1.41. The van der Waals surface area contributed by atoms with Gasteiger partial charge in [-0.3, -0.25) is 0 Å². The van der Waals surface area contributed by atoms with E-state index in [0.717, 1.165) is 0 Å². The third kappa shape index (κ3) is 5.94. The van der Waals surface area contributed by atoms with Crippen molar-refractivity contribution in [1.82, 2.24) is 15.5 Å². The van der Waals surface area contributed by atoms with Crippen molar-refractivity contribution in [3.63, 3.8) is 0 Å². The molecule has 21 heavy (non-hydrogen) atoms. The van der Waals surface area contributed by atoms with Gasteiger partial charge in [-0.1, -0.05) is 5.16 Å². The molecule has 0 saturated carbocycles. The Bertz CT molecular complexity index is 417. The van der Waals surface area contributed by atoms with Crippen LogP contribution >= 0.6 is 0 Å². The number of methoxy groups -OCH3 is 1. The van der Waals surface area contributed by atoms with Gasteiger partial charge in [-0.05, 0) is 7.05 Å². The Kier molecular flexibility index (Phi) is 6.99. The molecular formula is C11H17F4N3O3. The first-order valence-corrected chi connectivity index (χ1v) is 6.10. The maximum Gasteiger partial charge on any atom is 0.330 e. The zero-order valence-corrected chi connectivity index (χ0v) is 11.6. The molecule has 122 valence electrons. The highest BCUT2D eigenvalue weighted by molar-refractivity contribution is 4.88. The van der Waals surface area contributed by atoms with E-state index in [0.29, 0.717) is 13.0 Å². The van der Waals surface area contributed by atoms with Crippen LogP contribution in [-0.2, 0) is 22.5 Å². The number of alkyl halides is 4. The van der Waals surface area contributed by atoms with E-state index >= 15 is 0 Å². The van der Waals surface area contributed by atoms with E-state index in [2.05, 4.69) is 20.2 Å². The van der Waals surface area contributed by atoms with Crippen LogP contribution in [0.15, 0.2) is 4.52 Å². The summed E-state index contributed by atoms with van der Waals surface area (Å²) < 4.78 is 63.3. The number of hydrogen-bond acceptors (Lipinski definition) is 6. The number of nitrogens with one attached hydrogen (secondary N) is 1. The van der Waals surface area contributed by atoms with Crippen molar-refractivity contribution >= 4 is 0 Å². The Hall–Kier alpha value is -1.26. The van der Waals surface area contributed by atoms with Crippen LogP contribution < -0.4 is 5.32 Å². The third-order valence-electron chi connectivity index (χ3n) is 2.55. The standard InChI is InChI=1S/C11H17F4N3O3/c1-16-7(4-19-2)3-9-17-8(18-21-9)5-20-6-11(14,15)10(12)13/h7,10,16H,3-6H2,1-2H3. The molecule has 0 spiro atoms. The largest absolute Gasteiger partial charge is 0.383 e. The van der Waals surface area contributed by atoms with Crippen LogP contribution in [0.3, 0.4) is 0 Å². The molecule has 1 atom stereocenters. The van der Waals surface area contributed by atoms with Gasteiger partial charge in [0.25, 0.3) is 0 Å². The smallest absolute Gasteiger partial charge is 0.330 e. The fraction of sp³-hybridized carbons (Fsp3) is 0.818. The first kappa shape index (κ1) is 17.8. The lowest BCUT2D eigenvalue weighted by atomic mass is 10.2. The molecule has 1 aromatic rings. The first-order valence-electron chi connectivity index (χ1n) is 6.10. The number of halogens is 4. The van der Waals surface area contributed by atoms with Gasteiger partial charge in [-0.15, -0.1) is 0 Å². The van der Waals surface area contributed by atoms with Crippen LogP contribution in [0.5, 0.6) is 0 Å². The van der Waals surface area contributed by atoms with Crippen molar-refractivity contribution in [2.45, 2.75) is 31.4 Å². The van der Waals surface area contributed by atoms with Gasteiger partial charge in [-0.2, -0.15) is 13.8 Å². The fourth-order valence-electron chi connectivity index (χ4n) is 1.43. The first-order chi connectivity index (χ1) is 9.89. The predicted molar refractivity (Wildman–Crippen MR) is 63.3 cm³/mol. The molecule has 1 rings (SSSR count). The van der Waals surface area contributed by atoms with Gasteiger partial charge in [-0.25, -0.2) is 8.78 Å². The zero-order chi connectivity index (χ0) is 15.9. The summed E-state index contributed by atoms with van der Waals surface area (Å²) in [5.41, 5.74) is 0. The number of rotatable bonds is 10. The Morgan fingerprint density at radius 3 is 2.67 bits per heavy atom. The van der Waals surface area contributed by atoms with Gasteiger partial charge in [0.2, 0.25) is 5.89 Å². The van der Waals surface area contributed by atoms with Crippen molar-refractivity contribution in [3.05, 3.63) is 11.7 Å². The molecule has 1 unspecified atom stereocenters. The highest BCUT2D eigenvalue weighted by Crippen LogP contribution is 2.23. The minimum atomic E-state index is -4.19. The molecule has 0 amide bonds. The van der Waals surface area contributed by atoms with E-state index in [-0.39, 0.29) is 17.8 Å². The highest BCUT2D eigenvalue weighted by atomic mass is 19.3. The Morgan fingerprint density at radius 2 is 2.10 bits per heavy atom. The average molecular weight is 315 g/mol. The van der Waals surface area contributed by atoms with Gasteiger partial charge in [0.1, 0.15) is 13.2 Å². The van der Waals surface area contributed by atoms with Gasteiger partial charge in [0.05, 0.1) is 6.61 Å². The van der Waals surface area contributed by atoms with Gasteiger partial charge in [0, 0.05) is 19.6 Å². The van der Waals surface area contributed by atoms with E-state index < -0.39 is 25.6 Å². The predicted octanol–water partition coefficient (Wildman–Crippen LogP) is 1.26. The molecule has 0 aliphatic rings. The summed E-state index contributed by atoms with van der Waals surface area (Å²) in [5, 5.41) is 6.49. The topological polar surface area (TPSA) is 69.4 Å². The van der Waals surface area contributed by atoms with Crippen molar-refractivity contribution in [2.24, 2.45) is 0 Å².